The first-order valence-corrected chi connectivity index (χ1v) is 7.98. The third kappa shape index (κ3) is 3.66. The van der Waals surface area contributed by atoms with Crippen LogP contribution in [0.15, 0.2) is 12.4 Å². The summed E-state index contributed by atoms with van der Waals surface area (Å²) in [5.74, 6) is -0.490. The van der Waals surface area contributed by atoms with E-state index in [0.29, 0.717) is 6.54 Å². The highest BCUT2D eigenvalue weighted by atomic mass is 19.4. The molecule has 2 N–H and O–H groups in total. The Kier molecular flexibility index (Phi) is 5.42. The number of aliphatic hydroxyl groups is 1. The van der Waals surface area contributed by atoms with Crippen LogP contribution in [0.25, 0.3) is 0 Å². The quantitative estimate of drug-likeness (QED) is 0.876. The molecule has 0 bridgehead atoms. The molecule has 0 unspecified atom stereocenters. The molecule has 1 fully saturated rings. The maximum absolute atomic E-state index is 13.4. The average molecular weight is 348 g/mol. The molecular formula is C15H23F3N4O2. The van der Waals surface area contributed by atoms with Crippen molar-refractivity contribution in [2.45, 2.75) is 50.4 Å². The lowest BCUT2D eigenvalue weighted by Gasteiger charge is -2.34. The van der Waals surface area contributed by atoms with E-state index >= 15 is 0 Å². The van der Waals surface area contributed by atoms with E-state index in [1.165, 1.54) is 19.4 Å². The number of likely N-dealkylation sites (tertiary alicyclic amines) is 1. The van der Waals surface area contributed by atoms with E-state index < -0.39 is 30.1 Å². The van der Waals surface area contributed by atoms with Gasteiger partial charge in [-0.05, 0) is 26.2 Å². The normalized spacial score (nSPS) is 21.4. The Balaban J connectivity index is 2.02. The number of aryl methyl sites for hydroxylation is 1. The smallest absolute Gasteiger partial charge is 0.374 e. The molecule has 1 saturated heterocycles. The average Bonchev–Trinajstić information content (AvgIpc) is 2.92. The molecule has 0 saturated carbocycles. The van der Waals surface area contributed by atoms with Gasteiger partial charge in [0.15, 0.2) is 0 Å². The highest BCUT2D eigenvalue weighted by molar-refractivity contribution is 5.74. The Bertz CT molecular complexity index is 575. The van der Waals surface area contributed by atoms with Gasteiger partial charge >= 0.3 is 12.2 Å². The summed E-state index contributed by atoms with van der Waals surface area (Å²) in [6.07, 6.45) is -0.257. The minimum absolute atomic E-state index is 0.0646. The molecule has 136 valence electrons. The first-order valence-electron chi connectivity index (χ1n) is 7.98. The van der Waals surface area contributed by atoms with Gasteiger partial charge in [-0.3, -0.25) is 0 Å². The van der Waals surface area contributed by atoms with Crippen LogP contribution in [-0.4, -0.2) is 50.9 Å². The monoisotopic (exact) mass is 348 g/mol. The van der Waals surface area contributed by atoms with Crippen LogP contribution in [0.5, 0.6) is 0 Å². The number of halogens is 3. The van der Waals surface area contributed by atoms with Crippen molar-refractivity contribution in [1.29, 1.82) is 0 Å². The maximum atomic E-state index is 13.4. The number of nitrogens with one attached hydrogen (secondary N) is 1. The van der Waals surface area contributed by atoms with Gasteiger partial charge in [0.25, 0.3) is 0 Å². The second-order valence-electron chi connectivity index (χ2n) is 6.24. The third-order valence-corrected chi connectivity index (χ3v) is 4.49. The number of urea groups is 1. The summed E-state index contributed by atoms with van der Waals surface area (Å²) in [5, 5.41) is 12.7. The van der Waals surface area contributed by atoms with E-state index in [1.54, 1.807) is 4.90 Å². The van der Waals surface area contributed by atoms with Crippen molar-refractivity contribution < 1.29 is 23.1 Å². The fourth-order valence-corrected chi connectivity index (χ4v) is 3.00. The number of carbonyl (C=O) groups is 1. The summed E-state index contributed by atoms with van der Waals surface area (Å²) in [6.45, 7) is 2.21. The van der Waals surface area contributed by atoms with Gasteiger partial charge in [0.2, 0.25) is 5.60 Å². The number of aromatic nitrogens is 2. The van der Waals surface area contributed by atoms with E-state index in [0.717, 1.165) is 23.8 Å². The van der Waals surface area contributed by atoms with Crippen LogP contribution in [0.2, 0.25) is 0 Å². The fourth-order valence-electron chi connectivity index (χ4n) is 3.00. The predicted molar refractivity (Wildman–Crippen MR) is 81.2 cm³/mol. The number of alkyl halides is 3. The van der Waals surface area contributed by atoms with Crippen molar-refractivity contribution in [3.63, 3.8) is 0 Å². The zero-order valence-electron chi connectivity index (χ0n) is 13.8. The molecule has 2 amide bonds. The van der Waals surface area contributed by atoms with Crippen LogP contribution in [-0.2, 0) is 12.6 Å². The Hall–Kier alpha value is -1.77. The Morgan fingerprint density at radius 3 is 2.71 bits per heavy atom. The van der Waals surface area contributed by atoms with Gasteiger partial charge in [-0.2, -0.15) is 13.2 Å². The second-order valence-corrected chi connectivity index (χ2v) is 6.24. The van der Waals surface area contributed by atoms with E-state index in [9.17, 15) is 23.1 Å². The Morgan fingerprint density at radius 2 is 2.17 bits per heavy atom. The lowest BCUT2D eigenvalue weighted by atomic mass is 9.97. The third-order valence-electron chi connectivity index (χ3n) is 4.49. The molecule has 1 aliphatic rings. The molecule has 0 aliphatic carbocycles. The number of rotatable bonds is 4. The molecule has 2 heterocycles. The standard InChI is InChI=1S/C15H23F3N4O2/c1-11-5-3-4-9-22(11)13(23)20-7-6-14(24,15(16,17)18)12-19-8-10-21(12)2/h8,10-11,24H,3-7,9H2,1-2H3,(H,20,23)/t11-,14+/m0/s1. The molecule has 1 aliphatic heterocycles. The largest absolute Gasteiger partial charge is 0.424 e. The van der Waals surface area contributed by atoms with Crippen LogP contribution in [0, 0.1) is 0 Å². The molecule has 1 aromatic rings. The minimum Gasteiger partial charge on any atom is -0.374 e. The number of hydrogen-bond donors (Lipinski definition) is 2. The van der Waals surface area contributed by atoms with Gasteiger partial charge in [0.05, 0.1) is 0 Å². The Morgan fingerprint density at radius 1 is 1.46 bits per heavy atom. The van der Waals surface area contributed by atoms with Gasteiger partial charge in [0, 0.05) is 45.0 Å². The number of hydrogen-bond acceptors (Lipinski definition) is 3. The molecule has 9 heteroatoms. The predicted octanol–water partition coefficient (Wildman–Crippen LogP) is 2.14. The zero-order valence-corrected chi connectivity index (χ0v) is 13.8. The van der Waals surface area contributed by atoms with Crippen molar-refractivity contribution >= 4 is 6.03 Å². The summed E-state index contributed by atoms with van der Waals surface area (Å²) in [5.41, 5.74) is -3.11. The van der Waals surface area contributed by atoms with Gasteiger partial charge in [-0.25, -0.2) is 9.78 Å². The number of carbonyl (C=O) groups excluding carboxylic acids is 1. The van der Waals surface area contributed by atoms with Gasteiger partial charge in [-0.1, -0.05) is 0 Å². The number of amides is 2. The highest BCUT2D eigenvalue weighted by Crippen LogP contribution is 2.40. The number of piperidine rings is 1. The van der Waals surface area contributed by atoms with Gasteiger partial charge in [0.1, 0.15) is 5.82 Å². The van der Waals surface area contributed by atoms with E-state index in [4.69, 9.17) is 0 Å². The van der Waals surface area contributed by atoms with Crippen molar-refractivity contribution in [1.82, 2.24) is 19.8 Å². The summed E-state index contributed by atoms with van der Waals surface area (Å²) in [6, 6.07) is -0.332. The minimum atomic E-state index is -4.89. The van der Waals surface area contributed by atoms with Crippen molar-refractivity contribution in [3.8, 4) is 0 Å². The Labute approximate surface area is 138 Å². The molecule has 24 heavy (non-hydrogen) atoms. The zero-order chi connectivity index (χ0) is 18.0. The van der Waals surface area contributed by atoms with E-state index in [-0.39, 0.29) is 12.6 Å². The molecule has 0 spiro atoms. The van der Waals surface area contributed by atoms with Gasteiger partial charge < -0.3 is 19.9 Å². The first-order chi connectivity index (χ1) is 11.2. The van der Waals surface area contributed by atoms with Crippen molar-refractivity contribution in [2.24, 2.45) is 7.05 Å². The molecule has 2 rings (SSSR count). The molecule has 0 radical (unpaired) electrons. The first kappa shape index (κ1) is 18.6. The highest BCUT2D eigenvalue weighted by Gasteiger charge is 2.57. The summed E-state index contributed by atoms with van der Waals surface area (Å²) < 4.78 is 41.2. The SMILES string of the molecule is C[C@H]1CCCCN1C(=O)NCC[C@@](O)(c1nccn1C)C(F)(F)F. The molecule has 6 nitrogen and oxygen atoms in total. The van der Waals surface area contributed by atoms with Crippen molar-refractivity contribution in [2.75, 3.05) is 13.1 Å². The molecule has 2 atom stereocenters. The van der Waals surface area contributed by atoms with Crippen molar-refractivity contribution in [3.05, 3.63) is 18.2 Å². The second kappa shape index (κ2) is 7.00. The van der Waals surface area contributed by atoms with Crippen LogP contribution < -0.4 is 5.32 Å². The number of nitrogens with zero attached hydrogens (tertiary/aromatic N) is 3. The number of imidazole rings is 1. The summed E-state index contributed by atoms with van der Waals surface area (Å²) in [4.78, 5) is 17.4. The fraction of sp³-hybridized carbons (Fsp3) is 0.733. The van der Waals surface area contributed by atoms with Gasteiger partial charge in [-0.15, -0.1) is 0 Å². The van der Waals surface area contributed by atoms with Crippen LogP contribution in [0.1, 0.15) is 38.4 Å². The van der Waals surface area contributed by atoms with Crippen LogP contribution >= 0.6 is 0 Å². The molecule has 1 aromatic heterocycles. The van der Waals surface area contributed by atoms with E-state index in [1.807, 2.05) is 6.92 Å². The topological polar surface area (TPSA) is 70.4 Å². The lowest BCUT2D eigenvalue weighted by molar-refractivity contribution is -0.272. The molecule has 0 aromatic carbocycles. The summed E-state index contributed by atoms with van der Waals surface area (Å²) in [7, 11) is 1.38. The summed E-state index contributed by atoms with van der Waals surface area (Å²) >= 11 is 0. The van der Waals surface area contributed by atoms with E-state index in [2.05, 4.69) is 10.3 Å². The van der Waals surface area contributed by atoms with Crippen LogP contribution in [0.3, 0.4) is 0 Å². The molecular weight excluding hydrogens is 325 g/mol. The van der Waals surface area contributed by atoms with Crippen LogP contribution in [0.4, 0.5) is 18.0 Å². The maximum Gasteiger partial charge on any atom is 0.424 e. The lowest BCUT2D eigenvalue weighted by Crippen LogP contribution is -2.50.